The number of hydrogen-bond donors (Lipinski definition) is 1. The van der Waals surface area contributed by atoms with Crippen molar-refractivity contribution in [2.75, 3.05) is 0 Å². The number of hydrogen-bond acceptors (Lipinski definition) is 6. The van der Waals surface area contributed by atoms with E-state index in [9.17, 15) is 24.8 Å². The zero-order chi connectivity index (χ0) is 20.1. The van der Waals surface area contributed by atoms with Crippen molar-refractivity contribution in [2.45, 2.75) is 0 Å². The maximum atomic E-state index is 12.1. The number of amides is 1. The summed E-state index contributed by atoms with van der Waals surface area (Å²) in [6, 6.07) is 16.9. The van der Waals surface area contributed by atoms with Crippen molar-refractivity contribution < 1.29 is 24.0 Å². The van der Waals surface area contributed by atoms with E-state index in [1.54, 1.807) is 24.3 Å². The number of carbonyl (C=O) groups is 2. The first kappa shape index (κ1) is 18.6. The number of carbonyl (C=O) groups excluding carboxylic acids is 2. The van der Waals surface area contributed by atoms with Crippen molar-refractivity contribution in [1.82, 2.24) is 5.32 Å². The Morgan fingerprint density at radius 1 is 1.00 bits per heavy atom. The molecule has 0 unspecified atom stereocenters. The second kappa shape index (κ2) is 8.00. The highest BCUT2D eigenvalue weighted by atomic mass is 16.6. The van der Waals surface area contributed by atoms with Gasteiger partial charge in [0.2, 0.25) is 0 Å². The minimum atomic E-state index is -1.59. The van der Waals surface area contributed by atoms with E-state index in [4.69, 9.17) is 4.42 Å². The zero-order valence-electron chi connectivity index (χ0n) is 14.3. The molecule has 2 aromatic carbocycles. The third-order valence-electron chi connectivity index (χ3n) is 3.76. The number of nitrogens with zero attached hydrogens (tertiary/aromatic N) is 1. The number of carboxylic acids is 1. The van der Waals surface area contributed by atoms with Gasteiger partial charge >= 0.3 is 0 Å². The van der Waals surface area contributed by atoms with Crippen molar-refractivity contribution >= 4 is 23.6 Å². The summed E-state index contributed by atoms with van der Waals surface area (Å²) in [5, 5.41) is 24.5. The highest BCUT2D eigenvalue weighted by molar-refractivity contribution is 6.02. The molecule has 140 valence electrons. The topological polar surface area (TPSA) is 126 Å². The summed E-state index contributed by atoms with van der Waals surface area (Å²) in [6.07, 6.45) is 1.11. The largest absolute Gasteiger partial charge is 0.543 e. The SMILES string of the molecule is O=C([O-])/C(=C\c1ccc(-c2cccc([N+](=O)[O-])c2)o1)NC(=O)c1ccccc1. The molecule has 28 heavy (non-hydrogen) atoms. The van der Waals surface area contributed by atoms with Gasteiger partial charge in [0.15, 0.2) is 0 Å². The lowest BCUT2D eigenvalue weighted by Gasteiger charge is -2.10. The number of nitro groups is 1. The summed E-state index contributed by atoms with van der Waals surface area (Å²) in [4.78, 5) is 33.9. The summed E-state index contributed by atoms with van der Waals surface area (Å²) >= 11 is 0. The standard InChI is InChI=1S/C20H14N2O6/c23-19(13-5-2-1-3-6-13)21-17(20(24)25)12-16-9-10-18(28-16)14-7-4-8-15(11-14)22(26)27/h1-12H,(H,21,23)(H,24,25)/p-1/b17-12+. The van der Waals surface area contributed by atoms with Crippen molar-refractivity contribution in [3.05, 3.63) is 93.9 Å². The van der Waals surface area contributed by atoms with Gasteiger partial charge in [0, 0.05) is 29.3 Å². The molecule has 0 spiro atoms. The van der Waals surface area contributed by atoms with Gasteiger partial charge in [-0.3, -0.25) is 14.9 Å². The Labute approximate surface area is 158 Å². The summed E-state index contributed by atoms with van der Waals surface area (Å²) in [6.45, 7) is 0. The molecule has 0 saturated heterocycles. The predicted molar refractivity (Wildman–Crippen MR) is 97.7 cm³/mol. The number of nitrogens with one attached hydrogen (secondary N) is 1. The van der Waals surface area contributed by atoms with E-state index in [0.29, 0.717) is 11.3 Å². The van der Waals surface area contributed by atoms with Crippen LogP contribution in [-0.4, -0.2) is 16.8 Å². The fraction of sp³-hybridized carbons (Fsp3) is 0. The normalized spacial score (nSPS) is 11.1. The fourth-order valence-corrected chi connectivity index (χ4v) is 2.43. The van der Waals surface area contributed by atoms with E-state index < -0.39 is 22.5 Å². The summed E-state index contributed by atoms with van der Waals surface area (Å²) in [5.41, 5.74) is 0.161. The Bertz CT molecular complexity index is 1070. The summed E-state index contributed by atoms with van der Waals surface area (Å²) in [5.74, 6) is -1.75. The minimum absolute atomic E-state index is 0.100. The molecule has 1 amide bonds. The van der Waals surface area contributed by atoms with E-state index in [1.165, 1.54) is 42.5 Å². The first-order chi connectivity index (χ1) is 13.4. The van der Waals surface area contributed by atoms with E-state index in [-0.39, 0.29) is 17.0 Å². The Kier molecular flexibility index (Phi) is 5.31. The summed E-state index contributed by atoms with van der Waals surface area (Å²) < 4.78 is 5.53. The van der Waals surface area contributed by atoms with Crippen LogP contribution in [0.4, 0.5) is 5.69 Å². The van der Waals surface area contributed by atoms with Crippen LogP contribution in [0.3, 0.4) is 0 Å². The highest BCUT2D eigenvalue weighted by Crippen LogP contribution is 2.26. The number of aliphatic carboxylic acids is 1. The molecule has 0 atom stereocenters. The van der Waals surface area contributed by atoms with Crippen molar-refractivity contribution in [1.29, 1.82) is 0 Å². The number of furan rings is 1. The first-order valence-corrected chi connectivity index (χ1v) is 8.08. The Morgan fingerprint density at radius 3 is 2.43 bits per heavy atom. The van der Waals surface area contributed by atoms with Crippen LogP contribution in [0.1, 0.15) is 16.1 Å². The average Bonchev–Trinajstić information content (AvgIpc) is 3.16. The molecule has 0 bridgehead atoms. The predicted octanol–water partition coefficient (Wildman–Crippen LogP) is 2.38. The first-order valence-electron chi connectivity index (χ1n) is 8.08. The minimum Gasteiger partial charge on any atom is -0.543 e. The molecular weight excluding hydrogens is 364 g/mol. The van der Waals surface area contributed by atoms with Gasteiger partial charge in [-0.1, -0.05) is 30.3 Å². The van der Waals surface area contributed by atoms with Gasteiger partial charge in [-0.2, -0.15) is 0 Å². The number of carboxylic acid groups (broad SMARTS) is 1. The van der Waals surface area contributed by atoms with Crippen molar-refractivity contribution in [3.63, 3.8) is 0 Å². The molecule has 8 heteroatoms. The average molecular weight is 377 g/mol. The quantitative estimate of drug-likeness (QED) is 0.399. The van der Waals surface area contributed by atoms with E-state index in [1.807, 2.05) is 0 Å². The van der Waals surface area contributed by atoms with Gasteiger partial charge in [0.05, 0.1) is 16.6 Å². The number of nitro benzene ring substituents is 1. The van der Waals surface area contributed by atoms with Gasteiger partial charge < -0.3 is 19.6 Å². The molecule has 1 N–H and O–H groups in total. The van der Waals surface area contributed by atoms with Crippen LogP contribution >= 0.6 is 0 Å². The van der Waals surface area contributed by atoms with E-state index in [2.05, 4.69) is 5.32 Å². The van der Waals surface area contributed by atoms with Gasteiger partial charge in [-0.25, -0.2) is 0 Å². The van der Waals surface area contributed by atoms with Crippen LogP contribution in [0.15, 0.2) is 76.8 Å². The van der Waals surface area contributed by atoms with Gasteiger partial charge in [-0.05, 0) is 24.3 Å². The number of benzene rings is 2. The molecular formula is C20H13N2O6-. The van der Waals surface area contributed by atoms with E-state index >= 15 is 0 Å². The zero-order valence-corrected chi connectivity index (χ0v) is 14.3. The molecule has 1 heterocycles. The smallest absolute Gasteiger partial charge is 0.270 e. The number of non-ortho nitro benzene ring substituents is 1. The fourth-order valence-electron chi connectivity index (χ4n) is 2.43. The van der Waals surface area contributed by atoms with Gasteiger partial charge in [0.25, 0.3) is 11.6 Å². The molecule has 8 nitrogen and oxygen atoms in total. The second-order valence-corrected chi connectivity index (χ2v) is 5.68. The molecule has 0 aliphatic heterocycles. The van der Waals surface area contributed by atoms with Gasteiger partial charge in [-0.15, -0.1) is 0 Å². The Hall–Kier alpha value is -4.20. The molecule has 0 aliphatic rings. The molecule has 0 aliphatic carbocycles. The second-order valence-electron chi connectivity index (χ2n) is 5.68. The molecule has 1 aromatic heterocycles. The lowest BCUT2D eigenvalue weighted by Crippen LogP contribution is -2.35. The monoisotopic (exact) mass is 377 g/mol. The van der Waals surface area contributed by atoms with Gasteiger partial charge in [0.1, 0.15) is 11.5 Å². The summed E-state index contributed by atoms with van der Waals surface area (Å²) in [7, 11) is 0. The molecule has 0 fully saturated rings. The van der Waals surface area contributed by atoms with E-state index in [0.717, 1.165) is 6.08 Å². The van der Waals surface area contributed by atoms with Crippen molar-refractivity contribution in [3.8, 4) is 11.3 Å². The highest BCUT2D eigenvalue weighted by Gasteiger charge is 2.12. The molecule has 0 radical (unpaired) electrons. The van der Waals surface area contributed by atoms with Crippen LogP contribution in [0.25, 0.3) is 17.4 Å². The maximum absolute atomic E-state index is 12.1. The third kappa shape index (κ3) is 4.31. The molecule has 3 rings (SSSR count). The molecule has 3 aromatic rings. The Morgan fingerprint density at radius 2 is 1.75 bits per heavy atom. The third-order valence-corrected chi connectivity index (χ3v) is 3.76. The van der Waals surface area contributed by atoms with Crippen LogP contribution in [0, 0.1) is 10.1 Å². The lowest BCUT2D eigenvalue weighted by atomic mass is 10.1. The molecule has 0 saturated carbocycles. The lowest BCUT2D eigenvalue weighted by molar-refractivity contribution is -0.384. The van der Waals surface area contributed by atoms with Crippen LogP contribution < -0.4 is 10.4 Å². The van der Waals surface area contributed by atoms with Crippen molar-refractivity contribution in [2.24, 2.45) is 0 Å². The van der Waals surface area contributed by atoms with Crippen LogP contribution in [0.2, 0.25) is 0 Å². The Balaban J connectivity index is 1.85. The van der Waals surface area contributed by atoms with Crippen LogP contribution in [0.5, 0.6) is 0 Å². The maximum Gasteiger partial charge on any atom is 0.270 e. The number of rotatable bonds is 6. The van der Waals surface area contributed by atoms with Crippen LogP contribution in [-0.2, 0) is 4.79 Å².